The maximum atomic E-state index is 6.75. The third kappa shape index (κ3) is 5.45. The number of aromatic nitrogens is 3. The van der Waals surface area contributed by atoms with Gasteiger partial charge in [0, 0.05) is 43.4 Å². The van der Waals surface area contributed by atoms with Gasteiger partial charge in [0.25, 0.3) is 0 Å². The molecule has 2 aliphatic heterocycles. The Bertz CT molecular complexity index is 1840. The largest absolute Gasteiger partial charge is 0.474 e. The zero-order valence-corrected chi connectivity index (χ0v) is 26.4. The molecular weight excluding hydrogens is 584 g/mol. The molecule has 6 aromatic rings. The fourth-order valence-corrected chi connectivity index (χ4v) is 7.11. The smallest absolute Gasteiger partial charge is 0.225 e. The highest BCUT2D eigenvalue weighted by Crippen LogP contribution is 2.45. The zero-order valence-electron chi connectivity index (χ0n) is 26.4. The van der Waals surface area contributed by atoms with Gasteiger partial charge in [-0.1, -0.05) is 103 Å². The van der Waals surface area contributed by atoms with Crippen molar-refractivity contribution in [2.75, 3.05) is 44.4 Å². The number of rotatable bonds is 8. The molecule has 0 saturated carbocycles. The Morgan fingerprint density at radius 3 is 1.87 bits per heavy atom. The Morgan fingerprint density at radius 1 is 0.660 bits per heavy atom. The molecule has 0 amide bonds. The maximum Gasteiger partial charge on any atom is 0.225 e. The van der Waals surface area contributed by atoms with E-state index >= 15 is 0 Å². The monoisotopic (exact) mass is 622 g/mol. The maximum absolute atomic E-state index is 6.75. The molecule has 47 heavy (non-hydrogen) atoms. The predicted molar refractivity (Wildman–Crippen MR) is 185 cm³/mol. The van der Waals surface area contributed by atoms with Crippen LogP contribution in [0.15, 0.2) is 128 Å². The summed E-state index contributed by atoms with van der Waals surface area (Å²) in [6, 6.07) is 42.8. The third-order valence-corrected chi connectivity index (χ3v) is 9.39. The van der Waals surface area contributed by atoms with Crippen molar-refractivity contribution in [3.8, 4) is 17.1 Å². The molecule has 2 aliphatic rings. The van der Waals surface area contributed by atoms with Crippen LogP contribution in [0.2, 0.25) is 0 Å². The van der Waals surface area contributed by atoms with E-state index in [9.17, 15) is 0 Å². The lowest BCUT2D eigenvalue weighted by molar-refractivity contribution is 0.0244. The molecule has 0 spiro atoms. The van der Waals surface area contributed by atoms with Gasteiger partial charge in [0.05, 0.1) is 37.3 Å². The Labute approximate surface area is 275 Å². The van der Waals surface area contributed by atoms with E-state index in [-0.39, 0.29) is 6.10 Å². The van der Waals surface area contributed by atoms with Crippen LogP contribution in [0.25, 0.3) is 22.2 Å². The first-order valence-corrected chi connectivity index (χ1v) is 16.5. The van der Waals surface area contributed by atoms with Crippen molar-refractivity contribution in [2.45, 2.75) is 24.5 Å². The van der Waals surface area contributed by atoms with Crippen molar-refractivity contribution in [1.29, 1.82) is 0 Å². The molecule has 0 bridgehead atoms. The summed E-state index contributed by atoms with van der Waals surface area (Å²) in [6.45, 7) is 4.54. The van der Waals surface area contributed by atoms with Gasteiger partial charge in [-0.3, -0.25) is 0 Å². The average molecular weight is 623 g/mol. The van der Waals surface area contributed by atoms with E-state index in [2.05, 4.69) is 131 Å². The van der Waals surface area contributed by atoms with Gasteiger partial charge in [-0.25, -0.2) is 9.67 Å². The number of anilines is 1. The number of hydrogen-bond acceptors (Lipinski definition) is 6. The van der Waals surface area contributed by atoms with Gasteiger partial charge in [0.1, 0.15) is 17.3 Å². The van der Waals surface area contributed by atoms with Crippen molar-refractivity contribution < 1.29 is 14.2 Å². The van der Waals surface area contributed by atoms with Gasteiger partial charge in [0.2, 0.25) is 5.88 Å². The summed E-state index contributed by atoms with van der Waals surface area (Å²) in [6.07, 6.45) is 3.54. The molecule has 4 heterocycles. The quantitative estimate of drug-likeness (QED) is 0.166. The van der Waals surface area contributed by atoms with E-state index in [0.29, 0.717) is 19.1 Å². The lowest BCUT2D eigenvalue weighted by Gasteiger charge is -2.37. The van der Waals surface area contributed by atoms with Crippen LogP contribution in [0, 0.1) is 0 Å². The van der Waals surface area contributed by atoms with Crippen molar-refractivity contribution in [3.63, 3.8) is 0 Å². The first-order valence-electron chi connectivity index (χ1n) is 16.5. The molecule has 2 aromatic heterocycles. The molecule has 2 fully saturated rings. The molecule has 2 saturated heterocycles. The van der Waals surface area contributed by atoms with E-state index in [1.54, 1.807) is 0 Å². The van der Waals surface area contributed by atoms with E-state index < -0.39 is 5.54 Å². The molecule has 0 radical (unpaired) electrons. The number of ether oxygens (including phenoxy) is 3. The summed E-state index contributed by atoms with van der Waals surface area (Å²) in [7, 11) is 0. The van der Waals surface area contributed by atoms with Gasteiger partial charge < -0.3 is 19.1 Å². The van der Waals surface area contributed by atoms with E-state index in [1.165, 1.54) is 0 Å². The summed E-state index contributed by atoms with van der Waals surface area (Å²) >= 11 is 0. The van der Waals surface area contributed by atoms with Gasteiger partial charge in [-0.15, -0.1) is 0 Å². The van der Waals surface area contributed by atoms with Crippen molar-refractivity contribution >= 4 is 16.6 Å². The third-order valence-electron chi connectivity index (χ3n) is 9.39. The highest BCUT2D eigenvalue weighted by Gasteiger charge is 2.41. The van der Waals surface area contributed by atoms with Crippen LogP contribution in [-0.2, 0) is 15.0 Å². The zero-order chi connectivity index (χ0) is 31.5. The number of pyridine rings is 1. The number of benzene rings is 4. The van der Waals surface area contributed by atoms with Crippen LogP contribution >= 0.6 is 0 Å². The minimum absolute atomic E-state index is 0.0276. The Kier molecular flexibility index (Phi) is 8.15. The average Bonchev–Trinajstić information content (AvgIpc) is 3.55. The van der Waals surface area contributed by atoms with Crippen LogP contribution in [-0.4, -0.2) is 60.4 Å². The van der Waals surface area contributed by atoms with Gasteiger partial charge >= 0.3 is 0 Å². The highest BCUT2D eigenvalue weighted by atomic mass is 16.5. The minimum atomic E-state index is -0.792. The molecule has 0 aliphatic carbocycles. The summed E-state index contributed by atoms with van der Waals surface area (Å²) < 4.78 is 20.3. The normalized spacial score (nSPS) is 16.0. The predicted octanol–water partition coefficient (Wildman–Crippen LogP) is 7.33. The molecule has 0 N–H and O–H groups in total. The first kappa shape index (κ1) is 29.4. The van der Waals surface area contributed by atoms with Crippen LogP contribution in [0.3, 0.4) is 0 Å². The van der Waals surface area contributed by atoms with Crippen LogP contribution in [0.4, 0.5) is 5.69 Å². The van der Waals surface area contributed by atoms with Crippen LogP contribution in [0.5, 0.6) is 5.88 Å². The molecule has 4 aromatic carbocycles. The molecule has 236 valence electrons. The summed E-state index contributed by atoms with van der Waals surface area (Å²) in [4.78, 5) is 7.25. The van der Waals surface area contributed by atoms with Crippen LogP contribution in [0.1, 0.15) is 29.5 Å². The molecule has 0 unspecified atom stereocenters. The van der Waals surface area contributed by atoms with Gasteiger partial charge in [-0.2, -0.15) is 5.10 Å². The lowest BCUT2D eigenvalue weighted by atomic mass is 9.77. The van der Waals surface area contributed by atoms with Crippen LogP contribution < -0.4 is 9.64 Å². The Hall–Kier alpha value is -4.98. The molecule has 7 nitrogen and oxygen atoms in total. The van der Waals surface area contributed by atoms with Crippen molar-refractivity contribution in [1.82, 2.24) is 14.8 Å². The number of fused-ring (bicyclic) bond motifs is 1. The summed E-state index contributed by atoms with van der Waals surface area (Å²) in [5.74, 6) is 0.607. The van der Waals surface area contributed by atoms with E-state index in [4.69, 9.17) is 24.3 Å². The van der Waals surface area contributed by atoms with Gasteiger partial charge in [-0.05, 0) is 34.9 Å². The van der Waals surface area contributed by atoms with E-state index in [0.717, 1.165) is 83.7 Å². The highest BCUT2D eigenvalue weighted by molar-refractivity contribution is 5.98. The molecule has 0 atom stereocenters. The van der Waals surface area contributed by atoms with Gasteiger partial charge in [0.15, 0.2) is 0 Å². The molecular formula is C40H38N4O3. The Balaban J connectivity index is 1.43. The van der Waals surface area contributed by atoms with Crippen molar-refractivity contribution in [3.05, 3.63) is 144 Å². The number of hydrogen-bond donors (Lipinski definition) is 0. The SMILES string of the molecule is c1ccc(C(c2ccccc2)(c2ccccc2)n2nc(-c3cccc(N4CCOCC4)c3)c3c(OC4CCOCC4)nccc32)cc1. The van der Waals surface area contributed by atoms with Crippen molar-refractivity contribution in [2.24, 2.45) is 0 Å². The fourth-order valence-electron chi connectivity index (χ4n) is 7.11. The second-order valence-electron chi connectivity index (χ2n) is 12.2. The second kappa shape index (κ2) is 13.0. The minimum Gasteiger partial charge on any atom is -0.474 e. The summed E-state index contributed by atoms with van der Waals surface area (Å²) in [5, 5.41) is 6.54. The summed E-state index contributed by atoms with van der Waals surface area (Å²) in [5.41, 5.74) is 6.51. The Morgan fingerprint density at radius 2 is 1.26 bits per heavy atom. The molecule has 7 heteroatoms. The fraction of sp³-hybridized carbons (Fsp3) is 0.250. The standard InChI is InChI=1S/C40H38N4O3/c1-4-12-31(13-5-1)40(32-14-6-2-7-15-32,33-16-8-3-9-17-33)44-36-19-22-41-39(47-35-20-25-45-26-21-35)37(36)38(42-44)30-11-10-18-34(29-30)43-23-27-46-28-24-43/h1-19,22,29,35H,20-21,23-28H2. The van der Waals surface area contributed by atoms with E-state index in [1.807, 2.05) is 6.20 Å². The lowest BCUT2D eigenvalue weighted by Crippen LogP contribution is -2.38. The molecule has 8 rings (SSSR count). The number of morpholine rings is 1. The topological polar surface area (TPSA) is 61.6 Å². The number of nitrogens with zero attached hydrogens (tertiary/aromatic N) is 4. The first-order chi connectivity index (χ1) is 23.3. The second-order valence-corrected chi connectivity index (χ2v) is 12.2.